The van der Waals surface area contributed by atoms with Gasteiger partial charge >= 0.3 is 6.36 Å². The lowest BCUT2D eigenvalue weighted by Gasteiger charge is -2.30. The van der Waals surface area contributed by atoms with Crippen molar-refractivity contribution in [2.24, 2.45) is 11.7 Å². The van der Waals surface area contributed by atoms with Crippen molar-refractivity contribution >= 4 is 34.0 Å². The summed E-state index contributed by atoms with van der Waals surface area (Å²) in [7, 11) is 0. The van der Waals surface area contributed by atoms with Gasteiger partial charge in [0, 0.05) is 30.1 Å². The Morgan fingerprint density at radius 2 is 1.86 bits per heavy atom. The molecule has 3 rings (SSSR count). The summed E-state index contributed by atoms with van der Waals surface area (Å²) in [5.74, 6) is -1.12. The Morgan fingerprint density at radius 3 is 2.43 bits per heavy atom. The average molecular weight is 414 g/mol. The zero-order valence-electron chi connectivity index (χ0n) is 14.5. The Hall–Kier alpha value is -2.82. The van der Waals surface area contributed by atoms with Gasteiger partial charge in [0.25, 0.3) is 5.91 Å². The number of hydrogen-bond acceptors (Lipinski definition) is 6. The number of nitrogens with two attached hydrogens (primary N) is 1. The summed E-state index contributed by atoms with van der Waals surface area (Å²) in [6.45, 7) is 0.876. The van der Waals surface area contributed by atoms with Crippen molar-refractivity contribution in [2.45, 2.75) is 19.2 Å². The molecule has 28 heavy (non-hydrogen) atoms. The Labute approximate surface area is 162 Å². The van der Waals surface area contributed by atoms with Gasteiger partial charge < -0.3 is 20.7 Å². The first-order valence-electron chi connectivity index (χ1n) is 8.38. The highest BCUT2D eigenvalue weighted by Gasteiger charge is 2.31. The van der Waals surface area contributed by atoms with Crippen molar-refractivity contribution in [1.82, 2.24) is 9.88 Å². The molecule has 1 saturated heterocycles. The Balaban J connectivity index is 1.58. The zero-order valence-corrected chi connectivity index (χ0v) is 15.3. The molecule has 3 N–H and O–H groups in total. The van der Waals surface area contributed by atoms with Crippen LogP contribution in [0.1, 0.15) is 23.3 Å². The quantitative estimate of drug-likeness (QED) is 0.784. The van der Waals surface area contributed by atoms with E-state index in [0.717, 1.165) is 0 Å². The number of nitrogens with zero attached hydrogens (tertiary/aromatic N) is 2. The van der Waals surface area contributed by atoms with Crippen LogP contribution >= 0.6 is 11.3 Å². The van der Waals surface area contributed by atoms with E-state index >= 15 is 0 Å². The summed E-state index contributed by atoms with van der Waals surface area (Å²) in [4.78, 5) is 29.6. The topological polar surface area (TPSA) is 97.6 Å². The van der Waals surface area contributed by atoms with E-state index in [0.29, 0.717) is 36.8 Å². The number of rotatable bonds is 5. The van der Waals surface area contributed by atoms with Gasteiger partial charge in [0.2, 0.25) is 5.91 Å². The number of thiazole rings is 1. The molecule has 11 heteroatoms. The van der Waals surface area contributed by atoms with Crippen LogP contribution in [0.5, 0.6) is 5.75 Å². The molecule has 0 saturated carbocycles. The van der Waals surface area contributed by atoms with Gasteiger partial charge in [0.15, 0.2) is 5.13 Å². The molecule has 2 heterocycles. The molecule has 1 aromatic carbocycles. The first-order valence-corrected chi connectivity index (χ1v) is 9.26. The van der Waals surface area contributed by atoms with Crippen molar-refractivity contribution in [2.75, 3.05) is 18.4 Å². The Morgan fingerprint density at radius 1 is 1.21 bits per heavy atom. The molecular formula is C17H17F3N4O3S. The summed E-state index contributed by atoms with van der Waals surface area (Å²) in [6, 6.07) is 5.19. The second-order valence-electron chi connectivity index (χ2n) is 6.20. The molecule has 2 amide bonds. The molecule has 2 aromatic rings. The molecule has 0 aliphatic carbocycles. The first kappa shape index (κ1) is 19.9. The van der Waals surface area contributed by atoms with Gasteiger partial charge in [0.1, 0.15) is 11.4 Å². The van der Waals surface area contributed by atoms with Gasteiger partial charge in [-0.15, -0.1) is 24.5 Å². The van der Waals surface area contributed by atoms with E-state index in [1.807, 2.05) is 0 Å². The predicted molar refractivity (Wildman–Crippen MR) is 96.3 cm³/mol. The summed E-state index contributed by atoms with van der Waals surface area (Å²) < 4.78 is 40.3. The number of carbonyl (C=O) groups is 2. The number of nitrogens with one attached hydrogen (secondary N) is 1. The van der Waals surface area contributed by atoms with Gasteiger partial charge in [-0.3, -0.25) is 9.59 Å². The second-order valence-corrected chi connectivity index (χ2v) is 7.06. The van der Waals surface area contributed by atoms with E-state index in [4.69, 9.17) is 5.73 Å². The first-order chi connectivity index (χ1) is 13.2. The van der Waals surface area contributed by atoms with Crippen LogP contribution in [-0.2, 0) is 4.79 Å². The van der Waals surface area contributed by atoms with Gasteiger partial charge in [-0.25, -0.2) is 4.98 Å². The number of ether oxygens (including phenoxy) is 1. The molecule has 1 aromatic heterocycles. The standard InChI is InChI=1S/C17H17F3N4O3S/c18-17(19,20)27-12-3-1-11(2-4-12)22-16-23-13(9-28-16)15(26)24-7-5-10(6-8-24)14(21)25/h1-4,9-10H,5-8H2,(H2,21,25)(H,22,23). The number of anilines is 2. The number of primary amides is 1. The molecule has 0 atom stereocenters. The minimum Gasteiger partial charge on any atom is -0.406 e. The van der Waals surface area contributed by atoms with Crippen LogP contribution < -0.4 is 15.8 Å². The molecular weight excluding hydrogens is 397 g/mol. The zero-order chi connectivity index (χ0) is 20.3. The highest BCUT2D eigenvalue weighted by molar-refractivity contribution is 7.14. The van der Waals surface area contributed by atoms with E-state index < -0.39 is 6.36 Å². The van der Waals surface area contributed by atoms with Gasteiger partial charge in [-0.05, 0) is 37.1 Å². The molecule has 0 bridgehead atoms. The third-order valence-corrected chi connectivity index (χ3v) is 5.00. The van der Waals surface area contributed by atoms with E-state index in [1.165, 1.54) is 35.6 Å². The minimum atomic E-state index is -4.74. The van der Waals surface area contributed by atoms with E-state index in [1.54, 1.807) is 10.3 Å². The van der Waals surface area contributed by atoms with E-state index in [9.17, 15) is 22.8 Å². The highest BCUT2D eigenvalue weighted by atomic mass is 32.1. The summed E-state index contributed by atoms with van der Waals surface area (Å²) in [5, 5.41) is 4.97. The number of aromatic nitrogens is 1. The monoisotopic (exact) mass is 414 g/mol. The molecule has 1 fully saturated rings. The van der Waals surface area contributed by atoms with E-state index in [2.05, 4.69) is 15.0 Å². The maximum atomic E-state index is 12.5. The Kier molecular flexibility index (Phi) is 5.73. The van der Waals surface area contributed by atoms with Crippen LogP contribution in [0, 0.1) is 5.92 Å². The van der Waals surface area contributed by atoms with Gasteiger partial charge in [-0.2, -0.15) is 0 Å². The average Bonchev–Trinajstić information content (AvgIpc) is 3.10. The largest absolute Gasteiger partial charge is 0.573 e. The number of likely N-dealkylation sites (tertiary alicyclic amines) is 1. The number of carbonyl (C=O) groups excluding carboxylic acids is 2. The molecule has 7 nitrogen and oxygen atoms in total. The lowest BCUT2D eigenvalue weighted by molar-refractivity contribution is -0.274. The number of halogens is 3. The van der Waals surface area contributed by atoms with Crippen LogP contribution in [0.4, 0.5) is 24.0 Å². The minimum absolute atomic E-state index is 0.207. The SMILES string of the molecule is NC(=O)C1CCN(C(=O)c2csc(Nc3ccc(OC(F)(F)F)cc3)n2)CC1. The molecule has 1 aliphatic rings. The van der Waals surface area contributed by atoms with Crippen LogP contribution in [0.3, 0.4) is 0 Å². The highest BCUT2D eigenvalue weighted by Crippen LogP contribution is 2.27. The maximum Gasteiger partial charge on any atom is 0.573 e. The van der Waals surface area contributed by atoms with Crippen molar-refractivity contribution in [3.8, 4) is 5.75 Å². The fraction of sp³-hybridized carbons (Fsp3) is 0.353. The normalized spacial score (nSPS) is 15.3. The van der Waals surface area contributed by atoms with Gasteiger partial charge in [-0.1, -0.05) is 0 Å². The van der Waals surface area contributed by atoms with Crippen LogP contribution in [-0.4, -0.2) is 41.2 Å². The number of amides is 2. The smallest absolute Gasteiger partial charge is 0.406 e. The van der Waals surface area contributed by atoms with Crippen LogP contribution in [0.15, 0.2) is 29.6 Å². The van der Waals surface area contributed by atoms with Crippen molar-refractivity contribution in [3.05, 3.63) is 35.3 Å². The van der Waals surface area contributed by atoms with Crippen molar-refractivity contribution in [1.29, 1.82) is 0 Å². The third kappa shape index (κ3) is 5.12. The van der Waals surface area contributed by atoms with Crippen LogP contribution in [0.2, 0.25) is 0 Å². The molecule has 0 spiro atoms. The molecule has 0 unspecified atom stereocenters. The number of hydrogen-bond donors (Lipinski definition) is 2. The van der Waals surface area contributed by atoms with Crippen molar-refractivity contribution < 1.29 is 27.5 Å². The summed E-state index contributed by atoms with van der Waals surface area (Å²) in [5.41, 5.74) is 6.06. The number of alkyl halides is 3. The summed E-state index contributed by atoms with van der Waals surface area (Å²) in [6.07, 6.45) is -3.68. The fourth-order valence-electron chi connectivity index (χ4n) is 2.82. The lowest BCUT2D eigenvalue weighted by Crippen LogP contribution is -2.41. The van der Waals surface area contributed by atoms with Crippen molar-refractivity contribution in [3.63, 3.8) is 0 Å². The summed E-state index contributed by atoms with van der Waals surface area (Å²) >= 11 is 1.20. The van der Waals surface area contributed by atoms with Gasteiger partial charge in [0.05, 0.1) is 0 Å². The fourth-order valence-corrected chi connectivity index (χ4v) is 3.53. The molecule has 1 aliphatic heterocycles. The lowest BCUT2D eigenvalue weighted by atomic mass is 9.96. The Bertz CT molecular complexity index is 846. The third-order valence-electron chi connectivity index (χ3n) is 4.25. The predicted octanol–water partition coefficient (Wildman–Crippen LogP) is 3.12. The molecule has 150 valence electrons. The van der Waals surface area contributed by atoms with Crippen LogP contribution in [0.25, 0.3) is 0 Å². The number of piperidine rings is 1. The molecule has 0 radical (unpaired) electrons. The maximum absolute atomic E-state index is 12.5. The second kappa shape index (κ2) is 8.05. The number of benzene rings is 1. The van der Waals surface area contributed by atoms with E-state index in [-0.39, 0.29) is 29.2 Å².